The molecule has 2 aromatic rings. The van der Waals surface area contributed by atoms with Crippen LogP contribution in [0.2, 0.25) is 5.02 Å². The largest absolute Gasteiger partial charge is 0.465 e. The predicted octanol–water partition coefficient (Wildman–Crippen LogP) is 2.54. The van der Waals surface area contributed by atoms with Crippen LogP contribution < -0.4 is 16.4 Å². The number of carbonyl (C=O) groups excluding carboxylic acids is 3. The molecule has 0 radical (unpaired) electrons. The summed E-state index contributed by atoms with van der Waals surface area (Å²) in [6, 6.07) is 12.2. The van der Waals surface area contributed by atoms with Crippen LogP contribution in [-0.2, 0) is 16.1 Å². The Morgan fingerprint density at radius 2 is 1.78 bits per heavy atom. The monoisotopic (exact) mass is 389 g/mol. The van der Waals surface area contributed by atoms with Gasteiger partial charge in [0.1, 0.15) is 0 Å². The van der Waals surface area contributed by atoms with Crippen molar-refractivity contribution in [3.05, 3.63) is 70.2 Å². The maximum absolute atomic E-state index is 12.3. The molecule has 0 bridgehead atoms. The zero-order valence-electron chi connectivity index (χ0n) is 14.7. The SMILES string of the molecule is COC(=O)c1ccc(CNC(=O)C[C@@H](NC(N)=O)c2ccccc2Cl)cc1. The van der Waals surface area contributed by atoms with Crippen LogP contribution in [0.4, 0.5) is 4.79 Å². The zero-order chi connectivity index (χ0) is 19.8. The van der Waals surface area contributed by atoms with Crippen LogP contribution in [0.1, 0.15) is 33.9 Å². The van der Waals surface area contributed by atoms with E-state index in [1.165, 1.54) is 7.11 Å². The molecule has 2 rings (SSSR count). The number of methoxy groups -OCH3 is 1. The number of nitrogens with two attached hydrogens (primary N) is 1. The zero-order valence-corrected chi connectivity index (χ0v) is 15.5. The van der Waals surface area contributed by atoms with E-state index in [0.29, 0.717) is 16.1 Å². The van der Waals surface area contributed by atoms with Crippen molar-refractivity contribution in [3.63, 3.8) is 0 Å². The summed E-state index contributed by atoms with van der Waals surface area (Å²) in [6.45, 7) is 0.270. The first-order chi connectivity index (χ1) is 12.9. The highest BCUT2D eigenvalue weighted by molar-refractivity contribution is 6.31. The first-order valence-electron chi connectivity index (χ1n) is 8.15. The molecule has 3 amide bonds. The van der Waals surface area contributed by atoms with Crippen LogP contribution in [0.3, 0.4) is 0 Å². The molecule has 0 aliphatic carbocycles. The quantitative estimate of drug-likeness (QED) is 0.632. The molecule has 2 aromatic carbocycles. The number of nitrogens with one attached hydrogen (secondary N) is 2. The number of halogens is 1. The summed E-state index contributed by atoms with van der Waals surface area (Å²) in [5, 5.41) is 5.73. The number of rotatable bonds is 7. The molecule has 27 heavy (non-hydrogen) atoms. The van der Waals surface area contributed by atoms with E-state index in [1.54, 1.807) is 48.5 Å². The molecule has 0 aromatic heterocycles. The second kappa shape index (κ2) is 9.59. The molecule has 8 heteroatoms. The Hall–Kier alpha value is -3.06. The Kier molecular flexibility index (Phi) is 7.19. The van der Waals surface area contributed by atoms with Gasteiger partial charge < -0.3 is 21.1 Å². The third-order valence-electron chi connectivity index (χ3n) is 3.85. The Labute approximate surface area is 161 Å². The second-order valence-corrected chi connectivity index (χ2v) is 6.16. The number of esters is 1. The molecule has 0 saturated heterocycles. The molecule has 0 spiro atoms. The van der Waals surface area contributed by atoms with Crippen molar-refractivity contribution in [3.8, 4) is 0 Å². The summed E-state index contributed by atoms with van der Waals surface area (Å²) in [6.07, 6.45) is -0.0209. The van der Waals surface area contributed by atoms with E-state index in [9.17, 15) is 14.4 Å². The van der Waals surface area contributed by atoms with Gasteiger partial charge in [0.25, 0.3) is 0 Å². The van der Waals surface area contributed by atoms with E-state index in [1.807, 2.05) is 0 Å². The average Bonchev–Trinajstić information content (AvgIpc) is 2.65. The first-order valence-corrected chi connectivity index (χ1v) is 8.53. The van der Waals surface area contributed by atoms with Gasteiger partial charge in [-0.25, -0.2) is 9.59 Å². The maximum Gasteiger partial charge on any atom is 0.337 e. The van der Waals surface area contributed by atoms with Gasteiger partial charge in [-0.05, 0) is 29.3 Å². The molecule has 1 atom stereocenters. The number of carbonyl (C=O) groups is 3. The summed E-state index contributed by atoms with van der Waals surface area (Å²) in [7, 11) is 1.31. The van der Waals surface area contributed by atoms with Gasteiger partial charge in [0.2, 0.25) is 5.91 Å². The van der Waals surface area contributed by atoms with Gasteiger partial charge in [-0.15, -0.1) is 0 Å². The van der Waals surface area contributed by atoms with Crippen LogP contribution in [0.15, 0.2) is 48.5 Å². The van der Waals surface area contributed by atoms with Crippen LogP contribution in [0.25, 0.3) is 0 Å². The molecule has 0 heterocycles. The molecule has 4 N–H and O–H groups in total. The standard InChI is InChI=1S/C19H20ClN3O4/c1-27-18(25)13-8-6-12(7-9-13)11-22-17(24)10-16(23-19(21)26)14-4-2-3-5-15(14)20/h2-9,16H,10-11H2,1H3,(H,22,24)(H3,21,23,26)/t16-/m1/s1. The molecule has 0 aliphatic heterocycles. The van der Waals surface area contributed by atoms with Crippen molar-refractivity contribution < 1.29 is 19.1 Å². The van der Waals surface area contributed by atoms with Crippen LogP contribution in [0, 0.1) is 0 Å². The minimum absolute atomic E-state index is 0.0209. The lowest BCUT2D eigenvalue weighted by Gasteiger charge is -2.19. The number of urea groups is 1. The molecule has 142 valence electrons. The molecule has 0 saturated carbocycles. The van der Waals surface area contributed by atoms with Crippen LogP contribution in [0.5, 0.6) is 0 Å². The van der Waals surface area contributed by atoms with Gasteiger partial charge in [-0.2, -0.15) is 0 Å². The molecular formula is C19H20ClN3O4. The Morgan fingerprint density at radius 3 is 2.37 bits per heavy atom. The molecule has 7 nitrogen and oxygen atoms in total. The molecular weight excluding hydrogens is 370 g/mol. The van der Waals surface area contributed by atoms with Crippen molar-refractivity contribution in [2.75, 3.05) is 7.11 Å². The Balaban J connectivity index is 1.98. The van der Waals surface area contributed by atoms with Gasteiger partial charge in [0.15, 0.2) is 0 Å². The third-order valence-corrected chi connectivity index (χ3v) is 4.20. The van der Waals surface area contributed by atoms with Crippen LogP contribution >= 0.6 is 11.6 Å². The summed E-state index contributed by atoms with van der Waals surface area (Å²) in [5.41, 5.74) is 7.06. The van der Waals surface area contributed by atoms with E-state index in [0.717, 1.165) is 5.56 Å². The molecule has 0 fully saturated rings. The summed E-state index contributed by atoms with van der Waals surface area (Å²) in [5.74, 6) is -0.712. The lowest BCUT2D eigenvalue weighted by molar-refractivity contribution is -0.121. The van der Waals surface area contributed by atoms with Crippen molar-refractivity contribution >= 4 is 29.5 Å². The van der Waals surface area contributed by atoms with Gasteiger partial charge in [0.05, 0.1) is 25.1 Å². The van der Waals surface area contributed by atoms with E-state index in [-0.39, 0.29) is 18.9 Å². The molecule has 0 aliphatic rings. The minimum atomic E-state index is -0.744. The van der Waals surface area contributed by atoms with Crippen molar-refractivity contribution in [2.45, 2.75) is 19.0 Å². The number of amides is 3. The van der Waals surface area contributed by atoms with E-state index in [4.69, 9.17) is 17.3 Å². The summed E-state index contributed by atoms with van der Waals surface area (Å²) < 4.78 is 4.64. The van der Waals surface area contributed by atoms with E-state index in [2.05, 4.69) is 15.4 Å². The number of primary amides is 1. The fourth-order valence-corrected chi connectivity index (χ4v) is 2.77. The number of hydrogen-bond donors (Lipinski definition) is 3. The second-order valence-electron chi connectivity index (χ2n) is 5.75. The van der Waals surface area contributed by atoms with E-state index < -0.39 is 18.0 Å². The average molecular weight is 390 g/mol. The van der Waals surface area contributed by atoms with Crippen molar-refractivity contribution in [1.82, 2.24) is 10.6 Å². The van der Waals surface area contributed by atoms with Gasteiger partial charge in [0, 0.05) is 11.6 Å². The normalized spacial score (nSPS) is 11.3. The highest BCUT2D eigenvalue weighted by atomic mass is 35.5. The highest BCUT2D eigenvalue weighted by Crippen LogP contribution is 2.25. The minimum Gasteiger partial charge on any atom is -0.465 e. The predicted molar refractivity (Wildman–Crippen MR) is 101 cm³/mol. The third kappa shape index (κ3) is 6.00. The first kappa shape index (κ1) is 20.3. The highest BCUT2D eigenvalue weighted by Gasteiger charge is 2.19. The number of benzene rings is 2. The fraction of sp³-hybridized carbons (Fsp3) is 0.211. The summed E-state index contributed by atoms with van der Waals surface area (Å²) >= 11 is 6.15. The summed E-state index contributed by atoms with van der Waals surface area (Å²) in [4.78, 5) is 35.0. The lowest BCUT2D eigenvalue weighted by atomic mass is 10.0. The smallest absolute Gasteiger partial charge is 0.337 e. The number of ether oxygens (including phenoxy) is 1. The number of hydrogen-bond acceptors (Lipinski definition) is 4. The van der Waals surface area contributed by atoms with E-state index >= 15 is 0 Å². The van der Waals surface area contributed by atoms with Crippen molar-refractivity contribution in [2.24, 2.45) is 5.73 Å². The van der Waals surface area contributed by atoms with Gasteiger partial charge >= 0.3 is 12.0 Å². The molecule has 0 unspecified atom stereocenters. The Morgan fingerprint density at radius 1 is 1.11 bits per heavy atom. The van der Waals surface area contributed by atoms with Gasteiger partial charge in [-0.1, -0.05) is 41.9 Å². The fourth-order valence-electron chi connectivity index (χ4n) is 2.50. The lowest BCUT2D eigenvalue weighted by Crippen LogP contribution is -2.36. The Bertz CT molecular complexity index is 824. The maximum atomic E-state index is 12.3. The van der Waals surface area contributed by atoms with Crippen molar-refractivity contribution in [1.29, 1.82) is 0 Å². The van der Waals surface area contributed by atoms with Crippen LogP contribution in [-0.4, -0.2) is 25.0 Å². The van der Waals surface area contributed by atoms with Gasteiger partial charge in [-0.3, -0.25) is 4.79 Å². The topological polar surface area (TPSA) is 111 Å².